The summed E-state index contributed by atoms with van der Waals surface area (Å²) in [7, 11) is 0. The lowest BCUT2D eigenvalue weighted by molar-refractivity contribution is -0.113. The highest BCUT2D eigenvalue weighted by Crippen LogP contribution is 2.22. The third-order valence-corrected chi connectivity index (χ3v) is 3.30. The van der Waals surface area contributed by atoms with E-state index in [1.165, 1.54) is 23.9 Å². The fourth-order valence-corrected chi connectivity index (χ4v) is 2.32. The minimum Gasteiger partial charge on any atom is -0.399 e. The number of para-hydroxylation sites is 1. The average Bonchev–Trinajstić information content (AvgIpc) is 2.36. The quantitative estimate of drug-likeness (QED) is 0.666. The molecule has 0 aliphatic rings. The monoisotopic (exact) mass is 276 g/mol. The number of nitrogens with one attached hydrogen (secondary N) is 1. The van der Waals surface area contributed by atoms with E-state index < -0.39 is 5.82 Å². The molecule has 3 N–H and O–H groups in total. The maximum atomic E-state index is 13.1. The Morgan fingerprint density at radius 2 is 1.95 bits per heavy atom. The molecule has 0 aliphatic carbocycles. The molecule has 0 fully saturated rings. The van der Waals surface area contributed by atoms with E-state index in [2.05, 4.69) is 5.32 Å². The first-order chi connectivity index (χ1) is 9.13. The van der Waals surface area contributed by atoms with E-state index in [4.69, 9.17) is 5.73 Å². The van der Waals surface area contributed by atoms with Gasteiger partial charge in [0.1, 0.15) is 5.82 Å². The molecule has 0 aromatic heterocycles. The van der Waals surface area contributed by atoms with Crippen molar-refractivity contribution in [3.8, 4) is 0 Å². The van der Waals surface area contributed by atoms with Gasteiger partial charge in [-0.3, -0.25) is 4.79 Å². The van der Waals surface area contributed by atoms with Crippen molar-refractivity contribution in [3.63, 3.8) is 0 Å². The maximum absolute atomic E-state index is 13.1. The molecule has 2 aromatic rings. The molecule has 98 valence electrons. The van der Waals surface area contributed by atoms with Gasteiger partial charge in [-0.05, 0) is 30.3 Å². The van der Waals surface area contributed by atoms with Gasteiger partial charge in [-0.15, -0.1) is 11.8 Å². The number of halogens is 1. The van der Waals surface area contributed by atoms with E-state index in [-0.39, 0.29) is 11.7 Å². The van der Waals surface area contributed by atoms with Crippen molar-refractivity contribution in [3.05, 3.63) is 54.3 Å². The number of nitrogens with two attached hydrogens (primary N) is 1. The van der Waals surface area contributed by atoms with Crippen molar-refractivity contribution in [2.24, 2.45) is 0 Å². The average molecular weight is 276 g/mol. The van der Waals surface area contributed by atoms with Gasteiger partial charge in [-0.2, -0.15) is 0 Å². The van der Waals surface area contributed by atoms with Crippen LogP contribution in [0.4, 0.5) is 15.8 Å². The number of rotatable bonds is 4. The van der Waals surface area contributed by atoms with E-state index in [9.17, 15) is 9.18 Å². The smallest absolute Gasteiger partial charge is 0.234 e. The number of hydrogen-bond donors (Lipinski definition) is 2. The Bertz CT molecular complexity index is 555. The van der Waals surface area contributed by atoms with Crippen LogP contribution in [0, 0.1) is 5.82 Å². The summed E-state index contributed by atoms with van der Waals surface area (Å²) in [5, 5.41) is 2.76. The van der Waals surface area contributed by atoms with Gasteiger partial charge in [0.15, 0.2) is 0 Å². The molecule has 2 aromatic carbocycles. The fraction of sp³-hybridized carbons (Fsp3) is 0.0714. The first-order valence-corrected chi connectivity index (χ1v) is 6.66. The fourth-order valence-electron chi connectivity index (χ4n) is 1.54. The standard InChI is InChI=1S/C14H13FN2OS/c15-10-6-11(16)8-13(7-10)19-9-14(18)17-12-4-2-1-3-5-12/h1-8H,9,16H2,(H,17,18). The van der Waals surface area contributed by atoms with Gasteiger partial charge in [0.2, 0.25) is 5.91 Å². The molecule has 0 spiro atoms. The predicted molar refractivity (Wildman–Crippen MR) is 76.6 cm³/mol. The number of amides is 1. The van der Waals surface area contributed by atoms with E-state index in [0.29, 0.717) is 10.6 Å². The van der Waals surface area contributed by atoms with Gasteiger partial charge < -0.3 is 11.1 Å². The molecule has 19 heavy (non-hydrogen) atoms. The third-order valence-electron chi connectivity index (χ3n) is 2.32. The van der Waals surface area contributed by atoms with Crippen LogP contribution in [0.15, 0.2) is 53.4 Å². The molecule has 0 unspecified atom stereocenters. The van der Waals surface area contributed by atoms with E-state index in [1.54, 1.807) is 6.07 Å². The number of carbonyl (C=O) groups excluding carboxylic acids is 1. The molecule has 2 rings (SSSR count). The van der Waals surface area contributed by atoms with Crippen molar-refractivity contribution in [1.29, 1.82) is 0 Å². The number of carbonyl (C=O) groups is 1. The van der Waals surface area contributed by atoms with Gasteiger partial charge in [0.05, 0.1) is 5.75 Å². The van der Waals surface area contributed by atoms with Crippen LogP contribution in [-0.4, -0.2) is 11.7 Å². The zero-order chi connectivity index (χ0) is 13.7. The summed E-state index contributed by atoms with van der Waals surface area (Å²) in [5.74, 6) is -0.331. The molecule has 0 atom stereocenters. The molecule has 1 amide bonds. The van der Waals surface area contributed by atoms with Gasteiger partial charge in [-0.25, -0.2) is 4.39 Å². The van der Waals surface area contributed by atoms with Crippen LogP contribution in [0.25, 0.3) is 0 Å². The highest BCUT2D eigenvalue weighted by molar-refractivity contribution is 8.00. The normalized spacial score (nSPS) is 10.2. The number of anilines is 2. The first-order valence-electron chi connectivity index (χ1n) is 5.67. The van der Waals surface area contributed by atoms with E-state index in [0.717, 1.165) is 5.69 Å². The summed E-state index contributed by atoms with van der Waals surface area (Å²) in [6.07, 6.45) is 0. The summed E-state index contributed by atoms with van der Waals surface area (Å²) < 4.78 is 13.1. The molecule has 0 heterocycles. The largest absolute Gasteiger partial charge is 0.399 e. The van der Waals surface area contributed by atoms with Crippen LogP contribution in [-0.2, 0) is 4.79 Å². The summed E-state index contributed by atoms with van der Waals surface area (Å²) in [6, 6.07) is 13.4. The summed E-state index contributed by atoms with van der Waals surface area (Å²) in [4.78, 5) is 12.3. The molecular weight excluding hydrogens is 263 g/mol. The molecule has 0 bridgehead atoms. The minimum atomic E-state index is -0.397. The van der Waals surface area contributed by atoms with Gasteiger partial charge in [-0.1, -0.05) is 18.2 Å². The Morgan fingerprint density at radius 1 is 1.21 bits per heavy atom. The second-order valence-electron chi connectivity index (χ2n) is 3.92. The molecule has 0 saturated carbocycles. The second kappa shape index (κ2) is 6.24. The summed E-state index contributed by atoms with van der Waals surface area (Å²) >= 11 is 1.24. The number of nitrogen functional groups attached to an aromatic ring is 1. The van der Waals surface area contributed by atoms with Crippen LogP contribution >= 0.6 is 11.8 Å². The van der Waals surface area contributed by atoms with Gasteiger partial charge in [0.25, 0.3) is 0 Å². The topological polar surface area (TPSA) is 55.1 Å². The highest BCUT2D eigenvalue weighted by Gasteiger charge is 2.05. The Kier molecular flexibility index (Phi) is 4.41. The Balaban J connectivity index is 1.90. The number of benzene rings is 2. The molecule has 0 aliphatic heterocycles. The van der Waals surface area contributed by atoms with Crippen LogP contribution in [0.1, 0.15) is 0 Å². The molecule has 3 nitrogen and oxygen atoms in total. The van der Waals surface area contributed by atoms with Crippen molar-refractivity contribution in [1.82, 2.24) is 0 Å². The van der Waals surface area contributed by atoms with Crippen LogP contribution < -0.4 is 11.1 Å². The number of thioether (sulfide) groups is 1. The van der Waals surface area contributed by atoms with Crippen molar-refractivity contribution >= 4 is 29.0 Å². The first kappa shape index (κ1) is 13.4. The predicted octanol–water partition coefficient (Wildman–Crippen LogP) is 3.14. The Labute approximate surface area is 115 Å². The molecular formula is C14H13FN2OS. The molecule has 5 heteroatoms. The SMILES string of the molecule is Nc1cc(F)cc(SCC(=O)Nc2ccccc2)c1. The lowest BCUT2D eigenvalue weighted by Gasteiger charge is -2.05. The van der Waals surface area contributed by atoms with Crippen molar-refractivity contribution in [2.45, 2.75) is 4.90 Å². The number of hydrogen-bond acceptors (Lipinski definition) is 3. The molecule has 0 saturated heterocycles. The van der Waals surface area contributed by atoms with Crippen molar-refractivity contribution in [2.75, 3.05) is 16.8 Å². The lowest BCUT2D eigenvalue weighted by atomic mass is 10.3. The third kappa shape index (κ3) is 4.30. The van der Waals surface area contributed by atoms with E-state index >= 15 is 0 Å². The highest BCUT2D eigenvalue weighted by atomic mass is 32.2. The Hall–Kier alpha value is -2.01. The minimum absolute atomic E-state index is 0.140. The van der Waals surface area contributed by atoms with Crippen LogP contribution in [0.3, 0.4) is 0 Å². The second-order valence-corrected chi connectivity index (χ2v) is 4.97. The lowest BCUT2D eigenvalue weighted by Crippen LogP contribution is -2.13. The van der Waals surface area contributed by atoms with Gasteiger partial charge in [0, 0.05) is 16.3 Å². The van der Waals surface area contributed by atoms with Gasteiger partial charge >= 0.3 is 0 Å². The summed E-state index contributed by atoms with van der Waals surface area (Å²) in [5.41, 5.74) is 6.63. The van der Waals surface area contributed by atoms with Crippen LogP contribution in [0.5, 0.6) is 0 Å². The van der Waals surface area contributed by atoms with Crippen LogP contribution in [0.2, 0.25) is 0 Å². The van der Waals surface area contributed by atoms with Crippen molar-refractivity contribution < 1.29 is 9.18 Å². The zero-order valence-corrected chi connectivity index (χ0v) is 10.9. The Morgan fingerprint density at radius 3 is 2.63 bits per heavy atom. The maximum Gasteiger partial charge on any atom is 0.234 e. The molecule has 0 radical (unpaired) electrons. The summed E-state index contributed by atoms with van der Waals surface area (Å²) in [6.45, 7) is 0. The van der Waals surface area contributed by atoms with E-state index in [1.807, 2.05) is 30.3 Å². The zero-order valence-electron chi connectivity index (χ0n) is 10.1.